The van der Waals surface area contributed by atoms with Crippen LogP contribution in [-0.4, -0.2) is 13.5 Å². The van der Waals surface area contributed by atoms with Crippen molar-refractivity contribution in [3.05, 3.63) is 47.5 Å². The zero-order valence-corrected chi connectivity index (χ0v) is 12.1. The first kappa shape index (κ1) is 15.9. The van der Waals surface area contributed by atoms with E-state index in [4.69, 9.17) is 0 Å². The Morgan fingerprint density at radius 2 is 1.82 bits per heavy atom. The molecule has 0 fully saturated rings. The van der Waals surface area contributed by atoms with Crippen LogP contribution in [0.5, 0.6) is 0 Å². The van der Waals surface area contributed by atoms with Crippen molar-refractivity contribution in [3.63, 3.8) is 0 Å². The molecular formula is C16H15F3N2O. The monoisotopic (exact) mass is 308 g/mol. The van der Waals surface area contributed by atoms with Crippen LogP contribution >= 0.6 is 0 Å². The first-order chi connectivity index (χ1) is 10.4. The van der Waals surface area contributed by atoms with Crippen molar-refractivity contribution in [2.75, 3.05) is 17.7 Å². The van der Waals surface area contributed by atoms with Gasteiger partial charge in [-0.1, -0.05) is 18.2 Å². The molecule has 0 aliphatic carbocycles. The zero-order chi connectivity index (χ0) is 16.3. The van der Waals surface area contributed by atoms with E-state index in [1.54, 1.807) is 31.3 Å². The van der Waals surface area contributed by atoms with Gasteiger partial charge >= 0.3 is 6.18 Å². The second-order valence-electron chi connectivity index (χ2n) is 4.75. The van der Waals surface area contributed by atoms with Gasteiger partial charge in [-0.25, -0.2) is 0 Å². The van der Waals surface area contributed by atoms with Gasteiger partial charge in [-0.2, -0.15) is 13.2 Å². The number of amides is 1. The van der Waals surface area contributed by atoms with Crippen LogP contribution in [0.25, 0.3) is 11.1 Å². The lowest BCUT2D eigenvalue weighted by Gasteiger charge is -2.16. The molecule has 0 spiro atoms. The molecule has 0 saturated carbocycles. The first-order valence-corrected chi connectivity index (χ1v) is 6.57. The van der Waals surface area contributed by atoms with Gasteiger partial charge in [0.05, 0.1) is 16.9 Å². The Bertz CT molecular complexity index is 696. The van der Waals surface area contributed by atoms with Crippen LogP contribution in [0, 0.1) is 6.92 Å². The summed E-state index contributed by atoms with van der Waals surface area (Å²) < 4.78 is 39.0. The second-order valence-corrected chi connectivity index (χ2v) is 4.75. The Kier molecular flexibility index (Phi) is 4.40. The van der Waals surface area contributed by atoms with E-state index in [1.807, 2.05) is 0 Å². The Morgan fingerprint density at radius 3 is 2.41 bits per heavy atom. The van der Waals surface area contributed by atoms with E-state index in [9.17, 15) is 18.0 Å². The lowest BCUT2D eigenvalue weighted by atomic mass is 9.95. The third-order valence-corrected chi connectivity index (χ3v) is 3.45. The average Bonchev–Trinajstić information content (AvgIpc) is 2.47. The number of benzene rings is 2. The maximum absolute atomic E-state index is 13.0. The topological polar surface area (TPSA) is 41.1 Å². The molecule has 0 saturated heterocycles. The maximum Gasteiger partial charge on any atom is 0.416 e. The molecule has 0 aliphatic rings. The maximum atomic E-state index is 13.0. The van der Waals surface area contributed by atoms with E-state index < -0.39 is 11.7 Å². The van der Waals surface area contributed by atoms with Gasteiger partial charge in [0.2, 0.25) is 6.41 Å². The quantitative estimate of drug-likeness (QED) is 0.827. The number of hydrogen-bond acceptors (Lipinski definition) is 2. The minimum Gasteiger partial charge on any atom is -0.386 e. The molecule has 2 aromatic carbocycles. The van der Waals surface area contributed by atoms with Crippen molar-refractivity contribution in [2.24, 2.45) is 0 Å². The van der Waals surface area contributed by atoms with Gasteiger partial charge in [0.25, 0.3) is 0 Å². The molecule has 0 unspecified atom stereocenters. The summed E-state index contributed by atoms with van der Waals surface area (Å²) in [6, 6.07) is 9.13. The first-order valence-electron chi connectivity index (χ1n) is 6.57. The fourth-order valence-corrected chi connectivity index (χ4v) is 2.36. The van der Waals surface area contributed by atoms with Gasteiger partial charge in [-0.15, -0.1) is 0 Å². The minimum absolute atomic E-state index is 0.174. The Hall–Kier alpha value is -2.50. The van der Waals surface area contributed by atoms with E-state index in [1.165, 1.54) is 13.0 Å². The van der Waals surface area contributed by atoms with Crippen LogP contribution in [0.1, 0.15) is 11.1 Å². The molecule has 0 aliphatic heterocycles. The van der Waals surface area contributed by atoms with Crippen molar-refractivity contribution in [1.29, 1.82) is 0 Å². The number of rotatable bonds is 4. The number of carbonyl (C=O) groups excluding carboxylic acids is 1. The molecular weight excluding hydrogens is 293 g/mol. The fourth-order valence-electron chi connectivity index (χ4n) is 2.36. The summed E-state index contributed by atoms with van der Waals surface area (Å²) in [5.74, 6) is 0. The summed E-state index contributed by atoms with van der Waals surface area (Å²) in [4.78, 5) is 10.5. The Labute approximate surface area is 126 Å². The average molecular weight is 308 g/mol. The molecule has 1 amide bonds. The van der Waals surface area contributed by atoms with E-state index >= 15 is 0 Å². The SMILES string of the molecule is CNc1cc(-c2cccc(C(F)(F)F)c2C)ccc1NC=O. The van der Waals surface area contributed by atoms with Crippen LogP contribution in [0.3, 0.4) is 0 Å². The van der Waals surface area contributed by atoms with Crippen LogP contribution < -0.4 is 10.6 Å². The van der Waals surface area contributed by atoms with Crippen LogP contribution in [-0.2, 0) is 11.0 Å². The van der Waals surface area contributed by atoms with Gasteiger partial charge in [-0.05, 0) is 41.8 Å². The highest BCUT2D eigenvalue weighted by Crippen LogP contribution is 2.37. The molecule has 3 nitrogen and oxygen atoms in total. The van der Waals surface area contributed by atoms with Crippen molar-refractivity contribution in [2.45, 2.75) is 13.1 Å². The summed E-state index contributed by atoms with van der Waals surface area (Å²) in [6.07, 6.45) is -3.84. The van der Waals surface area contributed by atoms with Gasteiger partial charge < -0.3 is 10.6 Å². The number of hydrogen-bond donors (Lipinski definition) is 2. The minimum atomic E-state index is -4.38. The Balaban J connectivity index is 2.55. The summed E-state index contributed by atoms with van der Waals surface area (Å²) in [6.45, 7) is 1.45. The largest absolute Gasteiger partial charge is 0.416 e. The number of carbonyl (C=O) groups is 1. The standard InChI is InChI=1S/C16H15F3N2O/c1-10-12(4-3-5-13(10)16(17,18)19)11-6-7-14(21-9-22)15(8-11)20-2/h3-9,20H,1-2H3,(H,21,22). The third kappa shape index (κ3) is 3.05. The van der Waals surface area contributed by atoms with Crippen molar-refractivity contribution < 1.29 is 18.0 Å². The van der Waals surface area contributed by atoms with Gasteiger partial charge in [0.1, 0.15) is 0 Å². The van der Waals surface area contributed by atoms with Gasteiger partial charge in [0, 0.05) is 7.05 Å². The molecule has 6 heteroatoms. The fraction of sp³-hybridized carbons (Fsp3) is 0.188. The van der Waals surface area contributed by atoms with Crippen LogP contribution in [0.2, 0.25) is 0 Å². The summed E-state index contributed by atoms with van der Waals surface area (Å²) in [5, 5.41) is 5.44. The summed E-state index contributed by atoms with van der Waals surface area (Å²) in [5.41, 5.74) is 1.86. The molecule has 0 heterocycles. The van der Waals surface area contributed by atoms with Gasteiger partial charge in [0.15, 0.2) is 0 Å². The smallest absolute Gasteiger partial charge is 0.386 e. The Morgan fingerprint density at radius 1 is 1.09 bits per heavy atom. The highest BCUT2D eigenvalue weighted by molar-refractivity contribution is 5.84. The normalized spacial score (nSPS) is 11.1. The predicted molar refractivity (Wildman–Crippen MR) is 80.9 cm³/mol. The van der Waals surface area contributed by atoms with Crippen LogP contribution in [0.4, 0.5) is 24.5 Å². The van der Waals surface area contributed by atoms with E-state index in [0.29, 0.717) is 28.9 Å². The number of halogens is 3. The van der Waals surface area contributed by atoms with Crippen molar-refractivity contribution in [1.82, 2.24) is 0 Å². The molecule has 2 rings (SSSR count). The molecule has 0 radical (unpaired) electrons. The highest BCUT2D eigenvalue weighted by atomic mass is 19.4. The van der Waals surface area contributed by atoms with Crippen molar-refractivity contribution in [3.8, 4) is 11.1 Å². The second kappa shape index (κ2) is 6.09. The zero-order valence-electron chi connectivity index (χ0n) is 12.1. The number of anilines is 2. The molecule has 0 bridgehead atoms. The van der Waals surface area contributed by atoms with Crippen molar-refractivity contribution >= 4 is 17.8 Å². The summed E-state index contributed by atoms with van der Waals surface area (Å²) >= 11 is 0. The lowest BCUT2D eigenvalue weighted by molar-refractivity contribution is -0.138. The highest BCUT2D eigenvalue weighted by Gasteiger charge is 2.32. The molecule has 22 heavy (non-hydrogen) atoms. The number of nitrogens with one attached hydrogen (secondary N) is 2. The van der Waals surface area contributed by atoms with Crippen LogP contribution in [0.15, 0.2) is 36.4 Å². The molecule has 0 atom stereocenters. The summed E-state index contributed by atoms with van der Waals surface area (Å²) in [7, 11) is 1.67. The predicted octanol–water partition coefficient (Wildman–Crippen LogP) is 4.29. The molecule has 2 aromatic rings. The number of alkyl halides is 3. The van der Waals surface area contributed by atoms with E-state index in [0.717, 1.165) is 6.07 Å². The molecule has 0 aromatic heterocycles. The van der Waals surface area contributed by atoms with E-state index in [2.05, 4.69) is 10.6 Å². The molecule has 116 valence electrons. The molecule has 2 N–H and O–H groups in total. The van der Waals surface area contributed by atoms with E-state index in [-0.39, 0.29) is 5.56 Å². The third-order valence-electron chi connectivity index (χ3n) is 3.45. The van der Waals surface area contributed by atoms with Gasteiger partial charge in [-0.3, -0.25) is 4.79 Å². The lowest BCUT2D eigenvalue weighted by Crippen LogP contribution is -2.08.